The molecule has 0 fully saturated rings. The zero-order valence-electron chi connectivity index (χ0n) is 14.9. The molecule has 0 amide bonds. The Hall–Kier alpha value is -2.13. The van der Waals surface area contributed by atoms with Gasteiger partial charge in [0, 0.05) is 16.0 Å². The summed E-state index contributed by atoms with van der Waals surface area (Å²) < 4.78 is 41.6. The SMILES string of the molecule is CSc1ccc2c(c1)C(c1ccc(C(F)(F)F)cc1C)=NCc1nnc(Br)n1-2. The van der Waals surface area contributed by atoms with Gasteiger partial charge in [-0.3, -0.25) is 9.56 Å². The smallest absolute Gasteiger partial charge is 0.276 e. The third-order valence-corrected chi connectivity index (χ3v) is 5.82. The van der Waals surface area contributed by atoms with E-state index >= 15 is 0 Å². The molecule has 0 atom stereocenters. The molecule has 1 aliphatic heterocycles. The van der Waals surface area contributed by atoms with Crippen LogP contribution in [0.2, 0.25) is 0 Å². The lowest BCUT2D eigenvalue weighted by Crippen LogP contribution is -2.11. The van der Waals surface area contributed by atoms with Crippen LogP contribution in [0.3, 0.4) is 0 Å². The predicted molar refractivity (Wildman–Crippen MR) is 106 cm³/mol. The molecule has 3 aromatic rings. The Morgan fingerprint density at radius 1 is 1.07 bits per heavy atom. The van der Waals surface area contributed by atoms with Gasteiger partial charge in [0.05, 0.1) is 17.0 Å². The number of fused-ring (bicyclic) bond motifs is 3. The Kier molecular flexibility index (Phi) is 4.83. The normalized spacial score (nSPS) is 13.6. The molecule has 0 spiro atoms. The van der Waals surface area contributed by atoms with Crippen LogP contribution in [0.5, 0.6) is 0 Å². The molecular weight excluding hydrogens is 453 g/mol. The molecule has 28 heavy (non-hydrogen) atoms. The number of aromatic nitrogens is 3. The number of alkyl halides is 3. The largest absolute Gasteiger partial charge is 0.416 e. The van der Waals surface area contributed by atoms with Crippen molar-refractivity contribution in [3.63, 3.8) is 0 Å². The van der Waals surface area contributed by atoms with E-state index in [0.717, 1.165) is 28.3 Å². The molecule has 0 saturated carbocycles. The van der Waals surface area contributed by atoms with Crippen LogP contribution >= 0.6 is 27.7 Å². The summed E-state index contributed by atoms with van der Waals surface area (Å²) in [6, 6.07) is 9.70. The van der Waals surface area contributed by atoms with E-state index in [1.54, 1.807) is 18.7 Å². The summed E-state index contributed by atoms with van der Waals surface area (Å²) in [7, 11) is 0. The van der Waals surface area contributed by atoms with Crippen molar-refractivity contribution < 1.29 is 13.2 Å². The van der Waals surface area contributed by atoms with Gasteiger partial charge in [0.1, 0.15) is 6.54 Å². The molecule has 0 radical (unpaired) electrons. The molecule has 0 unspecified atom stereocenters. The van der Waals surface area contributed by atoms with Crippen molar-refractivity contribution in [1.29, 1.82) is 0 Å². The van der Waals surface area contributed by atoms with Crippen molar-refractivity contribution in [3.8, 4) is 5.69 Å². The third-order valence-electron chi connectivity index (χ3n) is 4.58. The second-order valence-electron chi connectivity index (χ2n) is 6.30. The van der Waals surface area contributed by atoms with Crippen LogP contribution in [0, 0.1) is 6.92 Å². The average molecular weight is 467 g/mol. The summed E-state index contributed by atoms with van der Waals surface area (Å²) >= 11 is 5.01. The second kappa shape index (κ2) is 7.04. The van der Waals surface area contributed by atoms with Gasteiger partial charge in [-0.15, -0.1) is 22.0 Å². The molecule has 1 aliphatic rings. The van der Waals surface area contributed by atoms with E-state index in [1.165, 1.54) is 6.07 Å². The van der Waals surface area contributed by atoms with E-state index in [9.17, 15) is 13.2 Å². The van der Waals surface area contributed by atoms with E-state index < -0.39 is 11.7 Å². The highest BCUT2D eigenvalue weighted by Gasteiger charge is 2.31. The fourth-order valence-electron chi connectivity index (χ4n) is 3.23. The first-order valence-corrected chi connectivity index (χ1v) is 10.3. The third kappa shape index (κ3) is 3.26. The van der Waals surface area contributed by atoms with Crippen molar-refractivity contribution in [3.05, 3.63) is 69.2 Å². The van der Waals surface area contributed by atoms with Gasteiger partial charge < -0.3 is 0 Å². The zero-order valence-corrected chi connectivity index (χ0v) is 17.3. The van der Waals surface area contributed by atoms with Crippen molar-refractivity contribution in [2.24, 2.45) is 4.99 Å². The number of aryl methyl sites for hydroxylation is 1. The maximum atomic E-state index is 13.1. The van der Waals surface area contributed by atoms with Gasteiger partial charge in [-0.1, -0.05) is 6.07 Å². The molecule has 2 heterocycles. The lowest BCUT2D eigenvalue weighted by Gasteiger charge is -2.16. The minimum Gasteiger partial charge on any atom is -0.276 e. The second-order valence-corrected chi connectivity index (χ2v) is 7.88. The fraction of sp³-hybridized carbons (Fsp3) is 0.211. The summed E-state index contributed by atoms with van der Waals surface area (Å²) in [6.45, 7) is 1.95. The predicted octanol–water partition coefficient (Wildman–Crippen LogP) is 5.43. The summed E-state index contributed by atoms with van der Waals surface area (Å²) in [4.78, 5) is 5.73. The summed E-state index contributed by atoms with van der Waals surface area (Å²) in [5.74, 6) is 0.657. The number of rotatable bonds is 2. The molecule has 2 aromatic carbocycles. The van der Waals surface area contributed by atoms with Crippen molar-refractivity contribution in [2.75, 3.05) is 6.26 Å². The maximum Gasteiger partial charge on any atom is 0.416 e. The molecule has 144 valence electrons. The number of hydrogen-bond donors (Lipinski definition) is 0. The van der Waals surface area contributed by atoms with E-state index in [0.29, 0.717) is 27.4 Å². The lowest BCUT2D eigenvalue weighted by atomic mass is 9.95. The highest BCUT2D eigenvalue weighted by Crippen LogP contribution is 2.34. The van der Waals surface area contributed by atoms with Gasteiger partial charge in [0.25, 0.3) is 0 Å². The number of nitrogens with zero attached hydrogens (tertiary/aromatic N) is 4. The molecule has 0 aliphatic carbocycles. The Labute approximate surface area is 172 Å². The number of thioether (sulfide) groups is 1. The zero-order chi connectivity index (χ0) is 20.1. The van der Waals surface area contributed by atoms with E-state index in [1.807, 2.05) is 29.0 Å². The Morgan fingerprint density at radius 2 is 1.86 bits per heavy atom. The highest BCUT2D eigenvalue weighted by atomic mass is 79.9. The minimum atomic E-state index is -4.38. The molecular formula is C19H14BrF3N4S. The van der Waals surface area contributed by atoms with Gasteiger partial charge in [-0.25, -0.2) is 0 Å². The van der Waals surface area contributed by atoms with Gasteiger partial charge >= 0.3 is 6.18 Å². The molecule has 0 bridgehead atoms. The fourth-order valence-corrected chi connectivity index (χ4v) is 4.15. The van der Waals surface area contributed by atoms with Crippen LogP contribution in [-0.4, -0.2) is 26.7 Å². The number of benzene rings is 2. The number of hydrogen-bond acceptors (Lipinski definition) is 4. The molecule has 0 saturated heterocycles. The monoisotopic (exact) mass is 466 g/mol. The summed E-state index contributed by atoms with van der Waals surface area (Å²) in [6.07, 6.45) is -2.41. The van der Waals surface area contributed by atoms with Gasteiger partial charge in [-0.05, 0) is 65.0 Å². The van der Waals surface area contributed by atoms with E-state index in [2.05, 4.69) is 26.1 Å². The quantitative estimate of drug-likeness (QED) is 0.472. The van der Waals surface area contributed by atoms with Crippen LogP contribution in [0.1, 0.15) is 28.1 Å². The summed E-state index contributed by atoms with van der Waals surface area (Å²) in [5.41, 5.74) is 2.83. The lowest BCUT2D eigenvalue weighted by molar-refractivity contribution is -0.137. The number of halogens is 4. The van der Waals surface area contributed by atoms with Crippen LogP contribution in [0.15, 0.2) is 51.0 Å². The molecule has 1 aromatic heterocycles. The first-order valence-electron chi connectivity index (χ1n) is 8.31. The van der Waals surface area contributed by atoms with E-state index in [-0.39, 0.29) is 6.54 Å². The molecule has 0 N–H and O–H groups in total. The van der Waals surface area contributed by atoms with E-state index in [4.69, 9.17) is 4.99 Å². The molecule has 4 nitrogen and oxygen atoms in total. The maximum absolute atomic E-state index is 13.1. The molecule has 4 rings (SSSR count). The van der Waals surface area contributed by atoms with Crippen LogP contribution < -0.4 is 0 Å². The van der Waals surface area contributed by atoms with Gasteiger partial charge in [0.2, 0.25) is 4.73 Å². The summed E-state index contributed by atoms with van der Waals surface area (Å²) in [5, 5.41) is 8.23. The van der Waals surface area contributed by atoms with Crippen molar-refractivity contribution >= 4 is 33.4 Å². The van der Waals surface area contributed by atoms with Crippen molar-refractivity contribution in [1.82, 2.24) is 14.8 Å². The topological polar surface area (TPSA) is 43.1 Å². The highest BCUT2D eigenvalue weighted by molar-refractivity contribution is 9.10. The standard InChI is InChI=1S/C19H14BrF3N4S/c1-10-7-11(19(21,22)23)3-5-13(10)17-14-8-12(28-2)4-6-15(14)27-16(9-24-17)25-26-18(27)20/h3-8H,9H2,1-2H3. The van der Waals surface area contributed by atoms with Crippen LogP contribution in [-0.2, 0) is 12.7 Å². The Morgan fingerprint density at radius 3 is 2.54 bits per heavy atom. The number of aliphatic imine (C=N–C) groups is 1. The Balaban J connectivity index is 1.93. The Bertz CT molecular complexity index is 1110. The molecule has 9 heteroatoms. The van der Waals surface area contributed by atoms with Crippen molar-refractivity contribution in [2.45, 2.75) is 24.5 Å². The first kappa shape index (κ1) is 19.2. The first-order chi connectivity index (χ1) is 13.3. The average Bonchev–Trinajstić information content (AvgIpc) is 2.93. The van der Waals surface area contributed by atoms with Gasteiger partial charge in [-0.2, -0.15) is 13.2 Å². The minimum absolute atomic E-state index is 0.275. The van der Waals surface area contributed by atoms with Crippen LogP contribution in [0.4, 0.5) is 13.2 Å². The van der Waals surface area contributed by atoms with Gasteiger partial charge in [0.15, 0.2) is 5.82 Å². The van der Waals surface area contributed by atoms with Crippen LogP contribution in [0.25, 0.3) is 5.69 Å².